The molecule has 1 heterocycles. The number of hydrogen-bond acceptors (Lipinski definition) is 1. The van der Waals surface area contributed by atoms with Crippen molar-refractivity contribution in [3.05, 3.63) is 12.2 Å². The SMILES string of the molecule is CCCN1CCC(/C=C/C2CCC(C)CC2)CC1. The second-order valence-corrected chi connectivity index (χ2v) is 6.58. The minimum Gasteiger partial charge on any atom is -0.303 e. The standard InChI is InChI=1S/C17H31N/c1-3-12-18-13-10-17(11-14-18)9-8-16-6-4-15(2)5-7-16/h8-9,15-17H,3-7,10-14H2,1-2H3/b9-8+. The maximum Gasteiger partial charge on any atom is -0.00131 e. The first kappa shape index (κ1) is 14.1. The molecule has 0 aromatic rings. The molecule has 2 aliphatic rings. The lowest BCUT2D eigenvalue weighted by Gasteiger charge is -2.30. The number of allylic oxidation sites excluding steroid dienone is 2. The van der Waals surface area contributed by atoms with Crippen molar-refractivity contribution in [2.45, 2.75) is 58.8 Å². The van der Waals surface area contributed by atoms with Crippen LogP contribution in [0.2, 0.25) is 0 Å². The molecule has 0 aromatic heterocycles. The molecule has 0 aromatic carbocycles. The first-order valence-corrected chi connectivity index (χ1v) is 8.18. The predicted molar refractivity (Wildman–Crippen MR) is 79.7 cm³/mol. The van der Waals surface area contributed by atoms with E-state index in [0.29, 0.717) is 0 Å². The maximum absolute atomic E-state index is 2.63. The minimum absolute atomic E-state index is 0.873. The second-order valence-electron chi connectivity index (χ2n) is 6.58. The van der Waals surface area contributed by atoms with Crippen LogP contribution >= 0.6 is 0 Å². The Bertz CT molecular complexity index is 242. The number of likely N-dealkylation sites (tertiary alicyclic amines) is 1. The zero-order valence-corrected chi connectivity index (χ0v) is 12.4. The van der Waals surface area contributed by atoms with Gasteiger partial charge in [0.1, 0.15) is 0 Å². The molecule has 0 unspecified atom stereocenters. The van der Waals surface area contributed by atoms with Crippen molar-refractivity contribution in [3.63, 3.8) is 0 Å². The van der Waals surface area contributed by atoms with Crippen LogP contribution in [0.5, 0.6) is 0 Å². The van der Waals surface area contributed by atoms with Gasteiger partial charge in [0, 0.05) is 0 Å². The summed E-state index contributed by atoms with van der Waals surface area (Å²) in [6.45, 7) is 8.64. The summed E-state index contributed by atoms with van der Waals surface area (Å²) in [5.41, 5.74) is 0. The molecule has 1 nitrogen and oxygen atoms in total. The third-order valence-electron chi connectivity index (χ3n) is 4.89. The van der Waals surface area contributed by atoms with E-state index in [9.17, 15) is 0 Å². The smallest absolute Gasteiger partial charge is 0.00131 e. The fourth-order valence-corrected chi connectivity index (χ4v) is 3.48. The fourth-order valence-electron chi connectivity index (χ4n) is 3.48. The summed E-state index contributed by atoms with van der Waals surface area (Å²) in [7, 11) is 0. The van der Waals surface area contributed by atoms with E-state index in [1.54, 1.807) is 0 Å². The van der Waals surface area contributed by atoms with Gasteiger partial charge >= 0.3 is 0 Å². The summed E-state index contributed by atoms with van der Waals surface area (Å²) in [6.07, 6.45) is 15.0. The van der Waals surface area contributed by atoms with Crippen molar-refractivity contribution in [2.24, 2.45) is 17.8 Å². The van der Waals surface area contributed by atoms with Crippen LogP contribution in [0.1, 0.15) is 58.8 Å². The molecule has 104 valence electrons. The Kier molecular flexibility index (Phi) is 5.75. The van der Waals surface area contributed by atoms with Gasteiger partial charge in [0.15, 0.2) is 0 Å². The summed E-state index contributed by atoms with van der Waals surface area (Å²) in [5.74, 6) is 2.75. The highest BCUT2D eigenvalue weighted by Gasteiger charge is 2.18. The Balaban J connectivity index is 1.67. The quantitative estimate of drug-likeness (QED) is 0.664. The Morgan fingerprint density at radius 1 is 0.889 bits per heavy atom. The molecule has 0 bridgehead atoms. The molecule has 0 atom stereocenters. The monoisotopic (exact) mass is 249 g/mol. The number of rotatable bonds is 4. The molecule has 2 fully saturated rings. The Morgan fingerprint density at radius 2 is 1.44 bits per heavy atom. The highest BCUT2D eigenvalue weighted by molar-refractivity contribution is 4.96. The normalized spacial score (nSPS) is 32.1. The summed E-state index contributed by atoms with van der Waals surface area (Å²) in [4.78, 5) is 2.63. The van der Waals surface area contributed by atoms with E-state index in [1.165, 1.54) is 64.6 Å². The summed E-state index contributed by atoms with van der Waals surface area (Å²) in [5, 5.41) is 0. The van der Waals surface area contributed by atoms with Gasteiger partial charge in [-0.15, -0.1) is 0 Å². The van der Waals surface area contributed by atoms with E-state index < -0.39 is 0 Å². The molecular formula is C17H31N. The van der Waals surface area contributed by atoms with Gasteiger partial charge in [-0.3, -0.25) is 0 Å². The average molecular weight is 249 g/mol. The predicted octanol–water partition coefficient (Wildman–Crippen LogP) is 4.49. The highest BCUT2D eigenvalue weighted by atomic mass is 15.1. The van der Waals surface area contributed by atoms with Crippen LogP contribution in [-0.4, -0.2) is 24.5 Å². The van der Waals surface area contributed by atoms with Gasteiger partial charge in [-0.2, -0.15) is 0 Å². The molecule has 1 saturated heterocycles. The molecule has 1 heteroatoms. The third-order valence-corrected chi connectivity index (χ3v) is 4.89. The van der Waals surface area contributed by atoms with E-state index in [2.05, 4.69) is 30.9 Å². The first-order valence-electron chi connectivity index (χ1n) is 8.18. The molecule has 1 aliphatic heterocycles. The third kappa shape index (κ3) is 4.42. The summed E-state index contributed by atoms with van der Waals surface area (Å²) < 4.78 is 0. The van der Waals surface area contributed by atoms with E-state index in [4.69, 9.17) is 0 Å². The number of hydrogen-bond donors (Lipinski definition) is 0. The zero-order chi connectivity index (χ0) is 12.8. The van der Waals surface area contributed by atoms with Gasteiger partial charge in [0.25, 0.3) is 0 Å². The lowest BCUT2D eigenvalue weighted by atomic mass is 9.82. The van der Waals surface area contributed by atoms with E-state index in [0.717, 1.165) is 17.8 Å². The lowest BCUT2D eigenvalue weighted by Crippen LogP contribution is -2.33. The summed E-state index contributed by atoms with van der Waals surface area (Å²) >= 11 is 0. The average Bonchev–Trinajstić information content (AvgIpc) is 2.40. The highest BCUT2D eigenvalue weighted by Crippen LogP contribution is 2.30. The van der Waals surface area contributed by atoms with Gasteiger partial charge in [-0.25, -0.2) is 0 Å². The van der Waals surface area contributed by atoms with E-state index in [-0.39, 0.29) is 0 Å². The van der Waals surface area contributed by atoms with Gasteiger partial charge in [0.05, 0.1) is 0 Å². The topological polar surface area (TPSA) is 3.24 Å². The number of piperidine rings is 1. The van der Waals surface area contributed by atoms with Crippen LogP contribution in [0.3, 0.4) is 0 Å². The summed E-state index contributed by atoms with van der Waals surface area (Å²) in [6, 6.07) is 0. The van der Waals surface area contributed by atoms with Crippen LogP contribution in [0.4, 0.5) is 0 Å². The van der Waals surface area contributed by atoms with Gasteiger partial charge in [-0.1, -0.05) is 38.8 Å². The van der Waals surface area contributed by atoms with Crippen molar-refractivity contribution in [1.82, 2.24) is 4.90 Å². The zero-order valence-electron chi connectivity index (χ0n) is 12.4. The van der Waals surface area contributed by atoms with Gasteiger partial charge in [-0.05, 0) is 69.5 Å². The van der Waals surface area contributed by atoms with E-state index >= 15 is 0 Å². The second kappa shape index (κ2) is 7.33. The molecule has 18 heavy (non-hydrogen) atoms. The molecule has 0 radical (unpaired) electrons. The molecule has 0 spiro atoms. The molecule has 1 saturated carbocycles. The van der Waals surface area contributed by atoms with Crippen LogP contribution in [0.15, 0.2) is 12.2 Å². The molecule has 2 rings (SSSR count). The molecule has 1 aliphatic carbocycles. The van der Waals surface area contributed by atoms with Crippen molar-refractivity contribution in [3.8, 4) is 0 Å². The maximum atomic E-state index is 2.63. The Hall–Kier alpha value is -0.300. The van der Waals surface area contributed by atoms with Crippen LogP contribution in [-0.2, 0) is 0 Å². The van der Waals surface area contributed by atoms with Gasteiger partial charge < -0.3 is 4.90 Å². The van der Waals surface area contributed by atoms with E-state index in [1.807, 2.05) is 0 Å². The fraction of sp³-hybridized carbons (Fsp3) is 0.882. The van der Waals surface area contributed by atoms with Gasteiger partial charge in [0.2, 0.25) is 0 Å². The first-order chi connectivity index (χ1) is 8.78. The Labute approximate surface area is 114 Å². The lowest BCUT2D eigenvalue weighted by molar-refractivity contribution is 0.203. The van der Waals surface area contributed by atoms with Crippen molar-refractivity contribution in [2.75, 3.05) is 19.6 Å². The number of nitrogens with zero attached hydrogens (tertiary/aromatic N) is 1. The van der Waals surface area contributed by atoms with Crippen molar-refractivity contribution in [1.29, 1.82) is 0 Å². The molecule has 0 amide bonds. The van der Waals surface area contributed by atoms with Crippen molar-refractivity contribution >= 4 is 0 Å². The van der Waals surface area contributed by atoms with Crippen LogP contribution in [0, 0.1) is 17.8 Å². The largest absolute Gasteiger partial charge is 0.303 e. The minimum atomic E-state index is 0.873. The van der Waals surface area contributed by atoms with Crippen molar-refractivity contribution < 1.29 is 0 Å². The molecular weight excluding hydrogens is 218 g/mol. The van der Waals surface area contributed by atoms with Crippen LogP contribution in [0.25, 0.3) is 0 Å². The molecule has 0 N–H and O–H groups in total. The Morgan fingerprint density at radius 3 is 2.00 bits per heavy atom. The van der Waals surface area contributed by atoms with Crippen LogP contribution < -0.4 is 0 Å².